The van der Waals surface area contributed by atoms with Gasteiger partial charge in [0.15, 0.2) is 0 Å². The number of aryl methyl sites for hydroxylation is 3. The Kier molecular flexibility index (Phi) is 7.01. The smallest absolute Gasteiger partial charge is 0.262 e. The lowest BCUT2D eigenvalue weighted by atomic mass is 10.1. The second-order valence-corrected chi connectivity index (χ2v) is 7.89. The first-order valence-electron chi connectivity index (χ1n) is 9.61. The van der Waals surface area contributed by atoms with Crippen molar-refractivity contribution in [3.05, 3.63) is 47.8 Å². The van der Waals surface area contributed by atoms with Crippen molar-refractivity contribution in [2.45, 2.75) is 39.7 Å². The van der Waals surface area contributed by atoms with E-state index in [4.69, 9.17) is 9.84 Å². The van der Waals surface area contributed by atoms with Crippen molar-refractivity contribution >= 4 is 49.9 Å². The number of alkyl halides is 1. The van der Waals surface area contributed by atoms with Gasteiger partial charge in [0.25, 0.3) is 5.52 Å². The number of hydrogen-bond acceptors (Lipinski definition) is 2. The van der Waals surface area contributed by atoms with Gasteiger partial charge in [-0.1, -0.05) is 41.0 Å². The average molecular weight is 601 g/mol. The van der Waals surface area contributed by atoms with Gasteiger partial charge in [-0.3, -0.25) is 0 Å². The molecule has 0 atom stereocenters. The third-order valence-electron chi connectivity index (χ3n) is 5.32. The van der Waals surface area contributed by atoms with E-state index in [1.54, 1.807) is 7.11 Å². The summed E-state index contributed by atoms with van der Waals surface area (Å²) < 4.78 is 11.1. The number of benzene rings is 1. The van der Waals surface area contributed by atoms with E-state index in [1.807, 2.05) is 0 Å². The summed E-state index contributed by atoms with van der Waals surface area (Å²) >= 11 is 2.46. The highest BCUT2D eigenvalue weighted by atomic mass is 127. The summed E-state index contributed by atoms with van der Waals surface area (Å²) in [5, 5.41) is 7.48. The zero-order valence-corrected chi connectivity index (χ0v) is 20.8. The van der Waals surface area contributed by atoms with E-state index in [2.05, 4.69) is 82.0 Å². The lowest BCUT2D eigenvalue weighted by Gasteiger charge is -2.08. The second-order valence-electron chi connectivity index (χ2n) is 6.81. The number of methoxy groups -OCH3 is 1. The third kappa shape index (κ3) is 3.58. The van der Waals surface area contributed by atoms with Crippen molar-refractivity contribution in [1.82, 2.24) is 9.67 Å². The quantitative estimate of drug-likeness (QED) is 0.192. The molecule has 0 bridgehead atoms. The van der Waals surface area contributed by atoms with Gasteiger partial charge < -0.3 is 33.3 Å². The number of rotatable bonds is 6. The van der Waals surface area contributed by atoms with Crippen LogP contribution in [0, 0.1) is 0 Å². The van der Waals surface area contributed by atoms with Crippen molar-refractivity contribution in [2.75, 3.05) is 11.5 Å². The first kappa shape index (κ1) is 21.5. The highest BCUT2D eigenvalue weighted by molar-refractivity contribution is 14.1. The molecular weight excluding hydrogens is 576 g/mol. The molecule has 0 amide bonds. The summed E-state index contributed by atoms with van der Waals surface area (Å²) in [6.45, 7) is 5.38. The summed E-state index contributed by atoms with van der Waals surface area (Å²) in [5.74, 6) is 0.902. The lowest BCUT2D eigenvalue weighted by Crippen LogP contribution is -3.00. The molecule has 0 N–H and O–H groups in total. The number of ether oxygens (including phenoxy) is 1. The van der Waals surface area contributed by atoms with Crippen LogP contribution in [0.3, 0.4) is 0 Å². The molecule has 0 saturated heterocycles. The van der Waals surface area contributed by atoms with Crippen LogP contribution >= 0.6 is 22.6 Å². The molecule has 6 heteroatoms. The van der Waals surface area contributed by atoms with Crippen LogP contribution in [-0.2, 0) is 19.4 Å². The van der Waals surface area contributed by atoms with Crippen LogP contribution in [0.1, 0.15) is 31.5 Å². The third-order valence-corrected chi connectivity index (χ3v) is 6.09. The minimum atomic E-state index is 0. The van der Waals surface area contributed by atoms with Gasteiger partial charge in [0, 0.05) is 45.0 Å². The van der Waals surface area contributed by atoms with Crippen molar-refractivity contribution in [3.8, 4) is 5.75 Å². The molecule has 4 aromatic rings. The van der Waals surface area contributed by atoms with Gasteiger partial charge in [-0.05, 0) is 37.0 Å². The Morgan fingerprint density at radius 2 is 1.93 bits per heavy atom. The van der Waals surface area contributed by atoms with Crippen LogP contribution in [0.25, 0.3) is 27.3 Å². The van der Waals surface area contributed by atoms with Crippen molar-refractivity contribution in [3.63, 3.8) is 0 Å². The molecule has 0 spiro atoms. The Morgan fingerprint density at radius 1 is 1.11 bits per heavy atom. The van der Waals surface area contributed by atoms with Crippen LogP contribution in [0.4, 0.5) is 0 Å². The number of halogens is 2. The average Bonchev–Trinajstić information content (AvgIpc) is 3.04. The Labute approximate surface area is 196 Å². The van der Waals surface area contributed by atoms with Crippen LogP contribution in [0.15, 0.2) is 36.5 Å². The van der Waals surface area contributed by atoms with E-state index in [0.29, 0.717) is 0 Å². The lowest BCUT2D eigenvalue weighted by molar-refractivity contribution is -0.580. The molecule has 28 heavy (non-hydrogen) atoms. The van der Waals surface area contributed by atoms with Crippen LogP contribution < -0.4 is 33.2 Å². The van der Waals surface area contributed by atoms with Gasteiger partial charge in [-0.25, -0.2) is 0 Å². The molecule has 1 aromatic carbocycles. The van der Waals surface area contributed by atoms with Crippen LogP contribution in [-0.4, -0.2) is 21.2 Å². The highest BCUT2D eigenvalue weighted by Gasteiger charge is 2.21. The molecule has 0 saturated carbocycles. The fourth-order valence-corrected chi connectivity index (χ4v) is 4.32. The minimum Gasteiger partial charge on any atom is -1.00 e. The minimum absolute atomic E-state index is 0. The molecule has 0 unspecified atom stereocenters. The largest absolute Gasteiger partial charge is 1.00 e. The van der Waals surface area contributed by atoms with Crippen molar-refractivity contribution in [2.24, 2.45) is 0 Å². The zero-order chi connectivity index (χ0) is 19.0. The molecule has 0 aliphatic rings. The van der Waals surface area contributed by atoms with Gasteiger partial charge in [0.2, 0.25) is 6.20 Å². The van der Waals surface area contributed by atoms with E-state index in [0.717, 1.165) is 36.0 Å². The fraction of sp³-hybridized carbons (Fsp3) is 0.364. The number of fused-ring (bicyclic) bond motifs is 5. The van der Waals surface area contributed by atoms with Gasteiger partial charge in [-0.2, -0.15) is 0 Å². The maximum atomic E-state index is 5.50. The monoisotopic (exact) mass is 601 g/mol. The first-order valence-corrected chi connectivity index (χ1v) is 11.1. The molecule has 148 valence electrons. The maximum Gasteiger partial charge on any atom is 0.262 e. The number of aromatic nitrogens is 3. The maximum absolute atomic E-state index is 5.50. The predicted octanol–water partition coefficient (Wildman–Crippen LogP) is 1.89. The molecule has 0 aliphatic carbocycles. The molecule has 4 rings (SSSR count). The SMILES string of the molecule is CCc1cc2c3c(cc[n+]2nc1CC)c1ccc(OC)cc1n3CCCI.[I-]. The van der Waals surface area contributed by atoms with E-state index in [1.165, 1.54) is 38.6 Å². The number of pyridine rings is 1. The summed E-state index contributed by atoms with van der Waals surface area (Å²) in [4.78, 5) is 0. The normalized spacial score (nSPS) is 11.3. The molecule has 0 radical (unpaired) electrons. The van der Waals surface area contributed by atoms with Gasteiger partial charge in [0.05, 0.1) is 12.6 Å². The standard InChI is InChI=1S/C22H25IN3O.HI/c1-4-15-13-21-22-18(9-12-26(21)24-19(15)5-2)17-8-7-16(27-3)14-20(17)25(22)11-6-10-23;/h7-9,12-14H,4-6,10-11H2,1-3H3;1H/q+1;/p-1. The highest BCUT2D eigenvalue weighted by Crippen LogP contribution is 2.33. The summed E-state index contributed by atoms with van der Waals surface area (Å²) in [6, 6.07) is 10.9. The van der Waals surface area contributed by atoms with E-state index in [9.17, 15) is 0 Å². The molecular formula is C22H25I2N3O. The van der Waals surface area contributed by atoms with Crippen molar-refractivity contribution < 1.29 is 33.2 Å². The Morgan fingerprint density at radius 3 is 2.61 bits per heavy atom. The Bertz CT molecular complexity index is 1140. The number of hydrogen-bond donors (Lipinski definition) is 0. The van der Waals surface area contributed by atoms with Gasteiger partial charge in [0.1, 0.15) is 17.0 Å². The summed E-state index contributed by atoms with van der Waals surface area (Å²) in [6.07, 6.45) is 5.20. The molecule has 0 fully saturated rings. The topological polar surface area (TPSA) is 31.2 Å². The Hall–Kier alpha value is -1.16. The predicted molar refractivity (Wildman–Crippen MR) is 119 cm³/mol. The summed E-state index contributed by atoms with van der Waals surface area (Å²) in [5.41, 5.74) is 6.22. The van der Waals surface area contributed by atoms with Gasteiger partial charge >= 0.3 is 0 Å². The Balaban J connectivity index is 0.00000225. The molecule has 0 aliphatic heterocycles. The molecule has 3 aromatic heterocycles. The van der Waals surface area contributed by atoms with Gasteiger partial charge in [-0.15, -0.1) is 0 Å². The van der Waals surface area contributed by atoms with Crippen LogP contribution in [0.2, 0.25) is 0 Å². The zero-order valence-electron chi connectivity index (χ0n) is 16.5. The van der Waals surface area contributed by atoms with E-state index < -0.39 is 0 Å². The number of nitrogens with zero attached hydrogens (tertiary/aromatic N) is 3. The van der Waals surface area contributed by atoms with E-state index in [-0.39, 0.29) is 24.0 Å². The van der Waals surface area contributed by atoms with E-state index >= 15 is 0 Å². The summed E-state index contributed by atoms with van der Waals surface area (Å²) in [7, 11) is 1.73. The van der Waals surface area contributed by atoms with Crippen LogP contribution in [0.5, 0.6) is 5.75 Å². The molecule has 4 nitrogen and oxygen atoms in total. The fourth-order valence-electron chi connectivity index (χ4n) is 3.98. The first-order chi connectivity index (χ1) is 13.2. The van der Waals surface area contributed by atoms with Crippen molar-refractivity contribution in [1.29, 1.82) is 0 Å². The molecule has 3 heterocycles. The second kappa shape index (κ2) is 9.11.